The summed E-state index contributed by atoms with van der Waals surface area (Å²) in [5.74, 6) is -1.01. The Bertz CT molecular complexity index is 636. The van der Waals surface area contributed by atoms with Crippen LogP contribution in [-0.2, 0) is 0 Å². The molecule has 2 rings (SSSR count). The van der Waals surface area contributed by atoms with Gasteiger partial charge in [-0.3, -0.25) is 9.59 Å². The zero-order chi connectivity index (χ0) is 13.1. The molecule has 0 fully saturated rings. The fourth-order valence-electron chi connectivity index (χ4n) is 1.25. The van der Waals surface area contributed by atoms with E-state index in [0.29, 0.717) is 4.47 Å². The monoisotopic (exact) mass is 311 g/mol. The normalized spacial score (nSPS) is 10.1. The molecule has 0 bridgehead atoms. The maximum absolute atomic E-state index is 13.0. The number of aromatic amines is 1. The Labute approximate surface area is 109 Å². The SMILES string of the molecule is O=C(Nc1cc(F)ccc1Br)c1c[nH]c(=O)cn1. The predicted octanol–water partition coefficient (Wildman–Crippen LogP) is 1.92. The maximum atomic E-state index is 13.0. The number of aromatic nitrogens is 2. The molecule has 0 saturated carbocycles. The number of rotatable bonds is 2. The summed E-state index contributed by atoms with van der Waals surface area (Å²) < 4.78 is 13.6. The van der Waals surface area contributed by atoms with Crippen molar-refractivity contribution >= 4 is 27.5 Å². The second-order valence-electron chi connectivity index (χ2n) is 3.37. The van der Waals surface area contributed by atoms with E-state index in [0.717, 1.165) is 6.20 Å². The van der Waals surface area contributed by atoms with Crippen molar-refractivity contribution in [1.82, 2.24) is 9.97 Å². The van der Waals surface area contributed by atoms with Gasteiger partial charge >= 0.3 is 0 Å². The second-order valence-corrected chi connectivity index (χ2v) is 4.23. The number of hydrogen-bond acceptors (Lipinski definition) is 3. The molecular formula is C11H7BrFN3O2. The Kier molecular flexibility index (Phi) is 3.52. The minimum absolute atomic E-state index is 0.0331. The summed E-state index contributed by atoms with van der Waals surface area (Å²) in [5, 5.41) is 2.48. The molecule has 0 aliphatic carbocycles. The molecule has 2 N–H and O–H groups in total. The highest BCUT2D eigenvalue weighted by Gasteiger charge is 2.10. The largest absolute Gasteiger partial charge is 0.325 e. The summed E-state index contributed by atoms with van der Waals surface area (Å²) in [6.45, 7) is 0. The lowest BCUT2D eigenvalue weighted by Crippen LogP contribution is -2.17. The van der Waals surface area contributed by atoms with Gasteiger partial charge in [0.1, 0.15) is 11.5 Å². The van der Waals surface area contributed by atoms with E-state index < -0.39 is 17.3 Å². The van der Waals surface area contributed by atoms with Gasteiger partial charge in [0.2, 0.25) is 0 Å². The van der Waals surface area contributed by atoms with Gasteiger partial charge in [0.15, 0.2) is 0 Å². The van der Waals surface area contributed by atoms with Crippen molar-refractivity contribution in [1.29, 1.82) is 0 Å². The van der Waals surface area contributed by atoms with Crippen molar-refractivity contribution < 1.29 is 9.18 Å². The molecule has 7 heteroatoms. The van der Waals surface area contributed by atoms with Crippen molar-refractivity contribution in [3.63, 3.8) is 0 Å². The van der Waals surface area contributed by atoms with E-state index in [-0.39, 0.29) is 11.4 Å². The predicted molar refractivity (Wildman–Crippen MR) is 66.9 cm³/mol. The smallest absolute Gasteiger partial charge is 0.275 e. The maximum Gasteiger partial charge on any atom is 0.275 e. The Morgan fingerprint density at radius 1 is 1.44 bits per heavy atom. The Hall–Kier alpha value is -2.02. The summed E-state index contributed by atoms with van der Waals surface area (Å²) in [6.07, 6.45) is 2.18. The topological polar surface area (TPSA) is 74.8 Å². The van der Waals surface area contributed by atoms with Crippen LogP contribution in [0, 0.1) is 5.82 Å². The number of anilines is 1. The van der Waals surface area contributed by atoms with Crippen LogP contribution in [0.3, 0.4) is 0 Å². The van der Waals surface area contributed by atoms with Crippen LogP contribution in [0.25, 0.3) is 0 Å². The fraction of sp³-hybridized carbons (Fsp3) is 0. The van der Waals surface area contributed by atoms with E-state index in [1.807, 2.05) is 0 Å². The molecular weight excluding hydrogens is 305 g/mol. The highest BCUT2D eigenvalue weighted by atomic mass is 79.9. The van der Waals surface area contributed by atoms with Gasteiger partial charge < -0.3 is 10.3 Å². The minimum atomic E-state index is -0.544. The van der Waals surface area contributed by atoms with E-state index >= 15 is 0 Å². The lowest BCUT2D eigenvalue weighted by molar-refractivity contribution is 0.102. The number of nitrogens with one attached hydrogen (secondary N) is 2. The summed E-state index contributed by atoms with van der Waals surface area (Å²) in [6, 6.07) is 3.91. The molecule has 18 heavy (non-hydrogen) atoms. The van der Waals surface area contributed by atoms with Crippen molar-refractivity contribution in [2.45, 2.75) is 0 Å². The molecule has 1 aromatic heterocycles. The standard InChI is InChI=1S/C11H7BrFN3O2/c12-7-2-1-6(13)3-8(7)16-11(18)9-4-15-10(17)5-14-9/h1-5H,(H,15,17)(H,16,18). The number of benzene rings is 1. The first-order valence-electron chi connectivity index (χ1n) is 4.87. The lowest BCUT2D eigenvalue weighted by Gasteiger charge is -2.06. The third-order valence-electron chi connectivity index (χ3n) is 2.08. The van der Waals surface area contributed by atoms with Gasteiger partial charge in [0.25, 0.3) is 11.5 Å². The molecule has 1 aromatic carbocycles. The molecule has 0 aliphatic rings. The van der Waals surface area contributed by atoms with Gasteiger partial charge in [0.05, 0.1) is 11.9 Å². The molecule has 0 unspecified atom stereocenters. The first-order valence-corrected chi connectivity index (χ1v) is 5.67. The lowest BCUT2D eigenvalue weighted by atomic mass is 10.3. The molecule has 5 nitrogen and oxygen atoms in total. The third-order valence-corrected chi connectivity index (χ3v) is 2.77. The molecule has 2 aromatic rings. The van der Waals surface area contributed by atoms with E-state index in [2.05, 4.69) is 31.2 Å². The van der Waals surface area contributed by atoms with Crippen molar-refractivity contribution in [3.8, 4) is 0 Å². The second kappa shape index (κ2) is 5.09. The molecule has 0 aliphatic heterocycles. The number of amides is 1. The number of carbonyl (C=O) groups excluding carboxylic acids is 1. The third kappa shape index (κ3) is 2.80. The first-order chi connectivity index (χ1) is 8.56. The van der Waals surface area contributed by atoms with Crippen LogP contribution in [0.5, 0.6) is 0 Å². The molecule has 1 heterocycles. The highest BCUT2D eigenvalue weighted by molar-refractivity contribution is 9.10. The summed E-state index contributed by atoms with van der Waals surface area (Å²) in [5.41, 5.74) is -0.0859. The zero-order valence-electron chi connectivity index (χ0n) is 8.91. The van der Waals surface area contributed by atoms with E-state index in [4.69, 9.17) is 0 Å². The number of H-pyrrole nitrogens is 1. The summed E-state index contributed by atoms with van der Waals surface area (Å²) in [4.78, 5) is 28.5. The Balaban J connectivity index is 2.23. The molecule has 0 radical (unpaired) electrons. The van der Waals surface area contributed by atoms with E-state index in [1.165, 1.54) is 24.4 Å². The van der Waals surface area contributed by atoms with Gasteiger partial charge in [-0.25, -0.2) is 9.37 Å². The Morgan fingerprint density at radius 3 is 2.89 bits per heavy atom. The molecule has 0 spiro atoms. The number of carbonyl (C=O) groups is 1. The molecule has 1 amide bonds. The fourth-order valence-corrected chi connectivity index (χ4v) is 1.59. The van der Waals surface area contributed by atoms with Crippen LogP contribution in [0.4, 0.5) is 10.1 Å². The average molecular weight is 312 g/mol. The van der Waals surface area contributed by atoms with Crippen LogP contribution in [0.15, 0.2) is 39.9 Å². The highest BCUT2D eigenvalue weighted by Crippen LogP contribution is 2.23. The van der Waals surface area contributed by atoms with Crippen LogP contribution >= 0.6 is 15.9 Å². The van der Waals surface area contributed by atoms with E-state index in [1.54, 1.807) is 0 Å². The summed E-state index contributed by atoms with van der Waals surface area (Å²) >= 11 is 3.18. The van der Waals surface area contributed by atoms with Crippen LogP contribution < -0.4 is 10.9 Å². The van der Waals surface area contributed by atoms with Gasteiger partial charge in [-0.1, -0.05) is 0 Å². The average Bonchev–Trinajstić information content (AvgIpc) is 2.34. The number of hydrogen-bond donors (Lipinski definition) is 2. The Morgan fingerprint density at radius 2 is 2.22 bits per heavy atom. The van der Waals surface area contributed by atoms with Gasteiger partial charge in [-0.2, -0.15) is 0 Å². The van der Waals surface area contributed by atoms with Crippen LogP contribution in [-0.4, -0.2) is 15.9 Å². The molecule has 0 saturated heterocycles. The van der Waals surface area contributed by atoms with Crippen molar-refractivity contribution in [3.05, 3.63) is 56.9 Å². The number of nitrogens with zero attached hydrogens (tertiary/aromatic N) is 1. The summed E-state index contributed by atoms with van der Waals surface area (Å²) in [7, 11) is 0. The number of halogens is 2. The minimum Gasteiger partial charge on any atom is -0.325 e. The van der Waals surface area contributed by atoms with Crippen molar-refractivity contribution in [2.24, 2.45) is 0 Å². The van der Waals surface area contributed by atoms with Crippen LogP contribution in [0.2, 0.25) is 0 Å². The first kappa shape index (κ1) is 12.4. The molecule has 92 valence electrons. The quantitative estimate of drug-likeness (QED) is 0.890. The zero-order valence-corrected chi connectivity index (χ0v) is 10.5. The van der Waals surface area contributed by atoms with Gasteiger partial charge in [-0.05, 0) is 34.1 Å². The van der Waals surface area contributed by atoms with Gasteiger partial charge in [-0.15, -0.1) is 0 Å². The molecule has 0 atom stereocenters. The van der Waals surface area contributed by atoms with Crippen LogP contribution in [0.1, 0.15) is 10.5 Å². The van der Waals surface area contributed by atoms with Gasteiger partial charge in [0, 0.05) is 10.7 Å². The van der Waals surface area contributed by atoms with E-state index in [9.17, 15) is 14.0 Å². The van der Waals surface area contributed by atoms with Crippen molar-refractivity contribution in [2.75, 3.05) is 5.32 Å².